The molecule has 0 bridgehead atoms. The molecule has 2 N–H and O–H groups in total. The van der Waals surface area contributed by atoms with Gasteiger partial charge in [0, 0.05) is 0 Å². The zero-order valence-corrected chi connectivity index (χ0v) is 13.8. The Morgan fingerprint density at radius 2 is 1.55 bits per heavy atom. The molecular formula is C17H22NO3P. The van der Waals surface area contributed by atoms with Gasteiger partial charge < -0.3 is 14.8 Å². The van der Waals surface area contributed by atoms with Gasteiger partial charge in [0.2, 0.25) is 0 Å². The van der Waals surface area contributed by atoms with E-state index >= 15 is 0 Å². The Labute approximate surface area is 131 Å². The summed E-state index contributed by atoms with van der Waals surface area (Å²) in [6.45, 7) is 4.14. The summed E-state index contributed by atoms with van der Waals surface area (Å²) in [7, 11) is -3.37. The molecule has 0 aliphatic rings. The molecule has 118 valence electrons. The van der Waals surface area contributed by atoms with Gasteiger partial charge in [0.25, 0.3) is 0 Å². The number of hydrogen-bond acceptors (Lipinski definition) is 4. The highest BCUT2D eigenvalue weighted by molar-refractivity contribution is 7.54. The van der Waals surface area contributed by atoms with Gasteiger partial charge in [-0.2, -0.15) is 0 Å². The van der Waals surface area contributed by atoms with Crippen LogP contribution in [0.1, 0.15) is 25.2 Å². The molecule has 5 heteroatoms. The molecule has 0 amide bonds. The van der Waals surface area contributed by atoms with Crippen molar-refractivity contribution >= 4 is 7.60 Å². The fourth-order valence-electron chi connectivity index (χ4n) is 2.27. The summed E-state index contributed by atoms with van der Waals surface area (Å²) in [5.41, 5.74) is 9.03. The van der Waals surface area contributed by atoms with E-state index in [2.05, 4.69) is 0 Å². The molecule has 0 saturated heterocycles. The Bertz CT molecular complexity index is 635. The van der Waals surface area contributed by atoms with Crippen molar-refractivity contribution in [3.8, 4) is 11.1 Å². The van der Waals surface area contributed by atoms with Gasteiger partial charge in [-0.3, -0.25) is 4.57 Å². The predicted molar refractivity (Wildman–Crippen MR) is 89.7 cm³/mol. The molecule has 0 heterocycles. The molecule has 2 aromatic rings. The van der Waals surface area contributed by atoms with Crippen molar-refractivity contribution in [3.63, 3.8) is 0 Å². The summed E-state index contributed by atoms with van der Waals surface area (Å²) in [6, 6.07) is 17.7. The third kappa shape index (κ3) is 3.84. The van der Waals surface area contributed by atoms with E-state index < -0.39 is 13.4 Å². The van der Waals surface area contributed by atoms with Crippen LogP contribution in [0.5, 0.6) is 0 Å². The van der Waals surface area contributed by atoms with E-state index in [-0.39, 0.29) is 0 Å². The Kier molecular flexibility index (Phi) is 5.92. The lowest BCUT2D eigenvalue weighted by atomic mass is 10.0. The van der Waals surface area contributed by atoms with Crippen molar-refractivity contribution < 1.29 is 13.6 Å². The van der Waals surface area contributed by atoms with Crippen molar-refractivity contribution in [2.45, 2.75) is 19.6 Å². The van der Waals surface area contributed by atoms with Crippen molar-refractivity contribution in [1.82, 2.24) is 0 Å². The van der Waals surface area contributed by atoms with E-state index in [1.54, 1.807) is 13.8 Å². The Hall–Kier alpha value is -1.45. The van der Waals surface area contributed by atoms with Gasteiger partial charge in [0.15, 0.2) is 0 Å². The zero-order valence-electron chi connectivity index (χ0n) is 12.9. The molecule has 0 aliphatic heterocycles. The monoisotopic (exact) mass is 319 g/mol. The van der Waals surface area contributed by atoms with Gasteiger partial charge in [0.1, 0.15) is 5.78 Å². The molecule has 2 rings (SSSR count). The largest absolute Gasteiger partial charge is 0.351 e. The number of benzene rings is 2. The molecular weight excluding hydrogens is 297 g/mol. The first kappa shape index (κ1) is 16.9. The maximum atomic E-state index is 12.8. The van der Waals surface area contributed by atoms with Crippen molar-refractivity contribution in [1.29, 1.82) is 0 Å². The average Bonchev–Trinajstić information content (AvgIpc) is 2.55. The second-order valence-electron chi connectivity index (χ2n) is 4.81. The topological polar surface area (TPSA) is 61.5 Å². The summed E-state index contributed by atoms with van der Waals surface area (Å²) < 4.78 is 23.5. The Morgan fingerprint density at radius 3 is 2.14 bits per heavy atom. The van der Waals surface area contributed by atoms with Crippen LogP contribution in [0, 0.1) is 0 Å². The van der Waals surface area contributed by atoms with Crippen LogP contribution in [-0.4, -0.2) is 13.2 Å². The molecule has 1 atom stereocenters. The molecule has 2 aromatic carbocycles. The van der Waals surface area contributed by atoms with Gasteiger partial charge in [-0.25, -0.2) is 0 Å². The molecule has 22 heavy (non-hydrogen) atoms. The molecule has 4 nitrogen and oxygen atoms in total. The SMILES string of the molecule is CCOP(=O)(OCC)[C@@H](N)c1cccc(-c2ccccc2)c1. The highest BCUT2D eigenvalue weighted by atomic mass is 31.2. The molecule has 0 fully saturated rings. The fourth-order valence-corrected chi connectivity index (χ4v) is 3.91. The first-order valence-corrected chi connectivity index (χ1v) is 9.01. The minimum Gasteiger partial charge on any atom is -0.314 e. The van der Waals surface area contributed by atoms with E-state index in [9.17, 15) is 4.57 Å². The van der Waals surface area contributed by atoms with Gasteiger partial charge in [-0.1, -0.05) is 48.5 Å². The molecule has 0 unspecified atom stereocenters. The minimum atomic E-state index is -3.37. The number of rotatable bonds is 7. The molecule has 0 aromatic heterocycles. The molecule has 0 aliphatic carbocycles. The second-order valence-corrected chi connectivity index (χ2v) is 6.96. The third-order valence-electron chi connectivity index (χ3n) is 3.29. The van der Waals surface area contributed by atoms with Crippen LogP contribution in [0.3, 0.4) is 0 Å². The molecule has 0 saturated carbocycles. The van der Waals surface area contributed by atoms with Crippen LogP contribution < -0.4 is 5.73 Å². The van der Waals surface area contributed by atoms with E-state index in [0.29, 0.717) is 13.2 Å². The Balaban J connectivity index is 2.34. The van der Waals surface area contributed by atoms with E-state index in [0.717, 1.165) is 16.7 Å². The Morgan fingerprint density at radius 1 is 0.955 bits per heavy atom. The van der Waals surface area contributed by atoms with Crippen molar-refractivity contribution in [3.05, 3.63) is 60.2 Å². The second kappa shape index (κ2) is 7.70. The van der Waals surface area contributed by atoms with Crippen LogP contribution in [0.15, 0.2) is 54.6 Å². The highest BCUT2D eigenvalue weighted by Gasteiger charge is 2.33. The van der Waals surface area contributed by atoms with Gasteiger partial charge in [-0.05, 0) is 36.6 Å². The van der Waals surface area contributed by atoms with Crippen LogP contribution in [0.4, 0.5) is 0 Å². The summed E-state index contributed by atoms with van der Waals surface area (Å²) >= 11 is 0. The van der Waals surface area contributed by atoms with Crippen molar-refractivity contribution in [2.75, 3.05) is 13.2 Å². The molecule has 0 spiro atoms. The fraction of sp³-hybridized carbons (Fsp3) is 0.294. The third-order valence-corrected chi connectivity index (χ3v) is 5.51. The van der Waals surface area contributed by atoms with Gasteiger partial charge in [-0.15, -0.1) is 0 Å². The molecule has 0 radical (unpaired) electrons. The van der Waals surface area contributed by atoms with E-state index in [1.807, 2.05) is 54.6 Å². The van der Waals surface area contributed by atoms with Crippen LogP contribution in [0.2, 0.25) is 0 Å². The quantitative estimate of drug-likeness (QED) is 0.759. The standard InChI is InChI=1S/C17H22NO3P/c1-3-20-22(19,21-4-2)17(18)16-12-8-11-15(13-16)14-9-6-5-7-10-14/h5-13,17H,3-4,18H2,1-2H3/t17-/m1/s1. The summed E-state index contributed by atoms with van der Waals surface area (Å²) in [5.74, 6) is -0.795. The number of nitrogens with two attached hydrogens (primary N) is 1. The van der Waals surface area contributed by atoms with Crippen molar-refractivity contribution in [2.24, 2.45) is 5.73 Å². The minimum absolute atomic E-state index is 0.295. The summed E-state index contributed by atoms with van der Waals surface area (Å²) in [4.78, 5) is 0. The predicted octanol–water partition coefficient (Wildman–Crippen LogP) is 4.58. The van der Waals surface area contributed by atoms with Crippen LogP contribution in [-0.2, 0) is 13.6 Å². The lowest BCUT2D eigenvalue weighted by Gasteiger charge is -2.23. The maximum absolute atomic E-state index is 12.8. The van der Waals surface area contributed by atoms with Gasteiger partial charge >= 0.3 is 7.60 Å². The van der Waals surface area contributed by atoms with Crippen LogP contribution >= 0.6 is 7.60 Å². The first-order chi connectivity index (χ1) is 10.6. The van der Waals surface area contributed by atoms with Crippen LogP contribution in [0.25, 0.3) is 11.1 Å². The summed E-state index contributed by atoms with van der Waals surface area (Å²) in [5, 5.41) is 0. The van der Waals surface area contributed by atoms with E-state index in [4.69, 9.17) is 14.8 Å². The maximum Gasteiger partial charge on any atom is 0.351 e. The average molecular weight is 319 g/mol. The van der Waals surface area contributed by atoms with E-state index in [1.165, 1.54) is 0 Å². The summed E-state index contributed by atoms with van der Waals surface area (Å²) in [6.07, 6.45) is 0. The zero-order chi connectivity index (χ0) is 16.0. The highest BCUT2D eigenvalue weighted by Crippen LogP contribution is 2.58. The lowest BCUT2D eigenvalue weighted by molar-refractivity contribution is 0.212. The lowest BCUT2D eigenvalue weighted by Crippen LogP contribution is -2.15. The first-order valence-electron chi connectivity index (χ1n) is 7.40. The van der Waals surface area contributed by atoms with Gasteiger partial charge in [0.05, 0.1) is 13.2 Å². The normalized spacial score (nSPS) is 13.0. The number of hydrogen-bond donors (Lipinski definition) is 1. The smallest absolute Gasteiger partial charge is 0.314 e.